The predicted molar refractivity (Wildman–Crippen MR) is 114 cm³/mol. The largest absolute Gasteiger partial charge is 0.507 e. The third kappa shape index (κ3) is 9.42. The molecule has 1 atom stereocenters. The minimum atomic E-state index is -1.02. The van der Waals surface area contributed by atoms with Gasteiger partial charge in [0.25, 0.3) is 0 Å². The summed E-state index contributed by atoms with van der Waals surface area (Å²) in [5.41, 5.74) is 3.02. The van der Waals surface area contributed by atoms with Gasteiger partial charge in [-0.15, -0.1) is 4.91 Å². The minimum absolute atomic E-state index is 0.0888. The van der Waals surface area contributed by atoms with Gasteiger partial charge in [0.05, 0.1) is 11.0 Å². The minimum Gasteiger partial charge on any atom is -0.507 e. The maximum Gasteiger partial charge on any atom is 0.248 e. The molecular formula is C15H22BrN5O4S2. The maximum absolute atomic E-state index is 12.1. The van der Waals surface area contributed by atoms with Gasteiger partial charge in [-0.2, -0.15) is 0 Å². The Hall–Kier alpha value is -1.34. The van der Waals surface area contributed by atoms with Crippen molar-refractivity contribution in [3.8, 4) is 5.75 Å². The van der Waals surface area contributed by atoms with Gasteiger partial charge in [-0.1, -0.05) is 32.8 Å². The molecule has 0 radical (unpaired) electrons. The lowest BCUT2D eigenvalue weighted by molar-refractivity contribution is -0.122. The van der Waals surface area contributed by atoms with Crippen LogP contribution >= 0.6 is 37.5 Å². The highest BCUT2D eigenvalue weighted by molar-refractivity contribution is 9.10. The van der Waals surface area contributed by atoms with Gasteiger partial charge in [0.2, 0.25) is 5.91 Å². The standard InChI is InChI=1S/C15H22BrN5O4S2/c16-11-7-10(1-2-13(11)23)8-12(21-25)15(24)19-4-6-27-26-5-3-18-14(9-22)20-17/h1-2,7,12,22-23H,3-6,8-9,17H2,(H,18,20)(H,19,24). The first-order valence-electron chi connectivity index (χ1n) is 7.94. The van der Waals surface area contributed by atoms with Gasteiger partial charge in [-0.3, -0.25) is 9.79 Å². The van der Waals surface area contributed by atoms with Crippen LogP contribution in [0.25, 0.3) is 0 Å². The van der Waals surface area contributed by atoms with Crippen molar-refractivity contribution in [2.45, 2.75) is 12.5 Å². The quantitative estimate of drug-likeness (QED) is 0.0570. The number of amides is 1. The van der Waals surface area contributed by atoms with Gasteiger partial charge in [0.15, 0.2) is 6.04 Å². The van der Waals surface area contributed by atoms with E-state index in [2.05, 4.69) is 36.8 Å². The van der Waals surface area contributed by atoms with E-state index in [1.165, 1.54) is 6.07 Å². The molecule has 0 aromatic heterocycles. The summed E-state index contributed by atoms with van der Waals surface area (Å²) in [6.45, 7) is 0.703. The number of hydrazine groups is 1. The fraction of sp³-hybridized carbons (Fsp3) is 0.467. The number of rotatable bonds is 12. The Balaban J connectivity index is 2.25. The van der Waals surface area contributed by atoms with Crippen LogP contribution in [0.15, 0.2) is 32.8 Å². The summed E-state index contributed by atoms with van der Waals surface area (Å²) < 4.78 is 0.496. The number of phenolic OH excluding ortho intramolecular Hbond substituents is 1. The lowest BCUT2D eigenvalue weighted by Gasteiger charge is -2.11. The van der Waals surface area contributed by atoms with Crippen LogP contribution in [0.5, 0.6) is 5.75 Å². The summed E-state index contributed by atoms with van der Waals surface area (Å²) in [6, 6.07) is 3.76. The fourth-order valence-electron chi connectivity index (χ4n) is 1.89. The van der Waals surface area contributed by atoms with Crippen molar-refractivity contribution in [2.24, 2.45) is 16.0 Å². The molecule has 1 aromatic carbocycles. The second kappa shape index (κ2) is 13.8. The lowest BCUT2D eigenvalue weighted by atomic mass is 10.1. The van der Waals surface area contributed by atoms with Gasteiger partial charge < -0.3 is 21.0 Å². The number of hydrogen-bond acceptors (Lipinski definition) is 9. The Labute approximate surface area is 173 Å². The fourth-order valence-corrected chi connectivity index (χ4v) is 4.08. The molecule has 0 aliphatic carbocycles. The number of halogens is 1. The van der Waals surface area contributed by atoms with E-state index in [4.69, 9.17) is 10.9 Å². The lowest BCUT2D eigenvalue weighted by Crippen LogP contribution is -2.35. The molecule has 1 unspecified atom stereocenters. The normalized spacial score (nSPS) is 12.5. The van der Waals surface area contributed by atoms with Crippen molar-refractivity contribution < 1.29 is 15.0 Å². The molecule has 6 N–H and O–H groups in total. The van der Waals surface area contributed by atoms with Crippen LogP contribution in [0.2, 0.25) is 0 Å². The van der Waals surface area contributed by atoms with Crippen LogP contribution in [-0.4, -0.2) is 59.2 Å². The Morgan fingerprint density at radius 2 is 2.07 bits per heavy atom. The van der Waals surface area contributed by atoms with E-state index < -0.39 is 11.9 Å². The highest BCUT2D eigenvalue weighted by atomic mass is 79.9. The van der Waals surface area contributed by atoms with Crippen LogP contribution in [0.1, 0.15) is 5.56 Å². The van der Waals surface area contributed by atoms with E-state index in [-0.39, 0.29) is 18.8 Å². The Morgan fingerprint density at radius 3 is 2.70 bits per heavy atom. The van der Waals surface area contributed by atoms with E-state index in [0.29, 0.717) is 29.2 Å². The Morgan fingerprint density at radius 1 is 1.33 bits per heavy atom. The van der Waals surface area contributed by atoms with E-state index in [1.54, 1.807) is 33.7 Å². The van der Waals surface area contributed by atoms with Crippen molar-refractivity contribution in [2.75, 3.05) is 31.2 Å². The number of carbonyl (C=O) groups is 1. The van der Waals surface area contributed by atoms with Crippen LogP contribution < -0.4 is 16.6 Å². The zero-order valence-corrected chi connectivity index (χ0v) is 17.6. The number of nitrogens with one attached hydrogen (secondary N) is 2. The number of aliphatic imine (C=N–C) groups is 1. The summed E-state index contributed by atoms with van der Waals surface area (Å²) >= 11 is 3.19. The molecule has 0 aliphatic rings. The van der Waals surface area contributed by atoms with Crippen molar-refractivity contribution in [1.82, 2.24) is 10.7 Å². The Kier molecular flexibility index (Phi) is 12.1. The molecule has 0 saturated heterocycles. The van der Waals surface area contributed by atoms with E-state index in [9.17, 15) is 14.8 Å². The topological polar surface area (TPSA) is 149 Å². The summed E-state index contributed by atoms with van der Waals surface area (Å²) in [5, 5.41) is 23.9. The molecule has 1 amide bonds. The number of nitroso groups, excluding NO2 is 1. The average molecular weight is 480 g/mol. The number of benzene rings is 1. The second-order valence-corrected chi connectivity index (χ2v) is 8.73. The molecular weight excluding hydrogens is 458 g/mol. The smallest absolute Gasteiger partial charge is 0.248 e. The van der Waals surface area contributed by atoms with Gasteiger partial charge in [0.1, 0.15) is 18.2 Å². The number of hydrogen-bond donors (Lipinski definition) is 5. The molecule has 12 heteroatoms. The first kappa shape index (κ1) is 23.7. The van der Waals surface area contributed by atoms with E-state index >= 15 is 0 Å². The zero-order valence-electron chi connectivity index (χ0n) is 14.4. The van der Waals surface area contributed by atoms with Crippen molar-refractivity contribution in [3.63, 3.8) is 0 Å². The summed E-state index contributed by atoms with van der Waals surface area (Å²) in [5.74, 6) is 6.55. The number of phenols is 1. The molecule has 0 spiro atoms. The van der Waals surface area contributed by atoms with Gasteiger partial charge >= 0.3 is 0 Å². The summed E-state index contributed by atoms with van der Waals surface area (Å²) in [7, 11) is 3.15. The maximum atomic E-state index is 12.1. The summed E-state index contributed by atoms with van der Waals surface area (Å²) in [4.78, 5) is 27.1. The molecule has 1 aromatic rings. The first-order valence-corrected chi connectivity index (χ1v) is 11.2. The highest BCUT2D eigenvalue weighted by Crippen LogP contribution is 2.25. The van der Waals surface area contributed by atoms with Crippen LogP contribution in [0.4, 0.5) is 0 Å². The molecule has 150 valence electrons. The van der Waals surface area contributed by atoms with Gasteiger partial charge in [-0.05, 0) is 33.6 Å². The molecule has 0 bridgehead atoms. The highest BCUT2D eigenvalue weighted by Gasteiger charge is 2.19. The van der Waals surface area contributed by atoms with Crippen molar-refractivity contribution in [1.29, 1.82) is 0 Å². The molecule has 0 fully saturated rings. The van der Waals surface area contributed by atoms with E-state index in [1.807, 2.05) is 0 Å². The third-order valence-electron chi connectivity index (χ3n) is 3.23. The number of nitrogens with zero attached hydrogens (tertiary/aromatic N) is 2. The molecule has 0 heterocycles. The monoisotopic (exact) mass is 479 g/mol. The third-order valence-corrected chi connectivity index (χ3v) is 6.25. The zero-order chi connectivity index (χ0) is 20.1. The number of aliphatic hydroxyl groups is 1. The number of aliphatic hydroxyl groups excluding tert-OH is 1. The molecule has 9 nitrogen and oxygen atoms in total. The number of amidine groups is 1. The molecule has 0 saturated carbocycles. The van der Waals surface area contributed by atoms with Crippen LogP contribution in [0, 0.1) is 4.91 Å². The van der Waals surface area contributed by atoms with E-state index in [0.717, 1.165) is 11.3 Å². The number of aromatic hydroxyl groups is 1. The average Bonchev–Trinajstić information content (AvgIpc) is 2.67. The van der Waals surface area contributed by atoms with Crippen molar-refractivity contribution >= 4 is 49.3 Å². The van der Waals surface area contributed by atoms with Crippen molar-refractivity contribution in [3.05, 3.63) is 33.1 Å². The predicted octanol–water partition coefficient (Wildman–Crippen LogP) is 1.18. The summed E-state index contributed by atoms with van der Waals surface area (Å²) in [6.07, 6.45) is 0.163. The van der Waals surface area contributed by atoms with Gasteiger partial charge in [-0.25, -0.2) is 5.84 Å². The molecule has 1 rings (SSSR count). The number of nitrogens with two attached hydrogens (primary N) is 1. The molecule has 0 aliphatic heterocycles. The van der Waals surface area contributed by atoms with Crippen LogP contribution in [0.3, 0.4) is 0 Å². The Bertz CT molecular complexity index is 645. The first-order chi connectivity index (χ1) is 13.0. The van der Waals surface area contributed by atoms with Crippen LogP contribution in [-0.2, 0) is 11.2 Å². The SMILES string of the molecule is NNC(CO)=NCCSSCCNC(=O)C(Cc1ccc(O)c(Br)c1)N=O. The second-order valence-electron chi connectivity index (χ2n) is 5.18. The number of carbonyl (C=O) groups excluding carboxylic acids is 1. The van der Waals surface area contributed by atoms with Gasteiger partial charge in [0, 0.05) is 24.5 Å². The molecule has 27 heavy (non-hydrogen) atoms.